The predicted octanol–water partition coefficient (Wildman–Crippen LogP) is 5.52. The van der Waals surface area contributed by atoms with Crippen molar-refractivity contribution in [3.05, 3.63) is 60.4 Å². The number of aliphatic carboxylic acids is 2. The number of carbonyl (C=O) groups is 3. The van der Waals surface area contributed by atoms with Crippen molar-refractivity contribution in [1.29, 1.82) is 0 Å². The van der Waals surface area contributed by atoms with Crippen LogP contribution in [-0.2, 0) is 25.7 Å². The summed E-state index contributed by atoms with van der Waals surface area (Å²) < 4.78 is 79.6. The molecule has 2 aromatic carbocycles. The van der Waals surface area contributed by atoms with Crippen LogP contribution in [0.25, 0.3) is 11.1 Å². The number of carboxylic acids is 2. The van der Waals surface area contributed by atoms with Crippen molar-refractivity contribution in [3.8, 4) is 16.9 Å². The number of aromatic nitrogens is 2. The van der Waals surface area contributed by atoms with Gasteiger partial charge in [0.05, 0.1) is 32.2 Å². The fourth-order valence-corrected chi connectivity index (χ4v) is 4.55. The van der Waals surface area contributed by atoms with Crippen molar-refractivity contribution in [2.45, 2.75) is 23.9 Å². The molecule has 1 fully saturated rings. The molecule has 0 radical (unpaired) electrons. The number of methoxy groups -OCH3 is 1. The van der Waals surface area contributed by atoms with Gasteiger partial charge < -0.3 is 24.4 Å². The first-order valence-electron chi connectivity index (χ1n) is 13.3. The largest absolute Gasteiger partial charge is 0.497 e. The number of nitrogens with one attached hydrogen (secondary N) is 2. The average Bonchev–Trinajstić information content (AvgIpc) is 3.56. The number of halogens is 6. The fraction of sp³-hybridized carbons (Fsp3) is 0.357. The molecule has 0 atom stereocenters. The predicted molar refractivity (Wildman–Crippen MR) is 156 cm³/mol. The van der Waals surface area contributed by atoms with Crippen LogP contribution in [0.4, 0.5) is 36.8 Å². The lowest BCUT2D eigenvalue weighted by Gasteiger charge is -2.26. The molecule has 1 saturated heterocycles. The Kier molecular flexibility index (Phi) is 15.3. The Morgan fingerprint density at radius 2 is 1.64 bits per heavy atom. The highest BCUT2D eigenvalue weighted by Crippen LogP contribution is 2.32. The van der Waals surface area contributed by atoms with Crippen LogP contribution in [0.2, 0.25) is 0 Å². The molecule has 1 aliphatic rings. The highest BCUT2D eigenvalue weighted by atomic mass is 32.2. The van der Waals surface area contributed by atoms with Gasteiger partial charge in [-0.25, -0.2) is 14.4 Å². The number of alkyl halides is 6. The number of benzene rings is 2. The number of anilines is 1. The van der Waals surface area contributed by atoms with Crippen molar-refractivity contribution >= 4 is 35.5 Å². The number of nitrogens with zero attached hydrogens (tertiary/aromatic N) is 2. The van der Waals surface area contributed by atoms with E-state index in [2.05, 4.69) is 26.5 Å². The van der Waals surface area contributed by atoms with Crippen molar-refractivity contribution < 1.29 is 65.1 Å². The van der Waals surface area contributed by atoms with Gasteiger partial charge in [0.2, 0.25) is 0 Å². The Morgan fingerprint density at radius 1 is 1.00 bits per heavy atom. The number of ether oxygens (including phenoxy) is 3. The lowest BCUT2D eigenvalue weighted by molar-refractivity contribution is -0.193. The molecule has 0 unspecified atom stereocenters. The molecule has 12 nitrogen and oxygen atoms in total. The first kappa shape index (κ1) is 38.7. The van der Waals surface area contributed by atoms with Crippen molar-refractivity contribution in [2.24, 2.45) is 0 Å². The molecule has 0 aliphatic carbocycles. The average molecular weight is 697 g/mol. The van der Waals surface area contributed by atoms with Crippen LogP contribution in [-0.4, -0.2) is 101 Å². The van der Waals surface area contributed by atoms with Gasteiger partial charge in [0.15, 0.2) is 0 Å². The monoisotopic (exact) mass is 696 g/mol. The van der Waals surface area contributed by atoms with Crippen molar-refractivity contribution in [3.63, 3.8) is 0 Å². The second-order valence-electron chi connectivity index (χ2n) is 9.16. The third-order valence-electron chi connectivity index (χ3n) is 5.81. The van der Waals surface area contributed by atoms with Crippen molar-refractivity contribution in [1.82, 2.24) is 15.1 Å². The molecular formula is C28H30F6N4O8S. The van der Waals surface area contributed by atoms with Gasteiger partial charge in [-0.3, -0.25) is 15.3 Å². The van der Waals surface area contributed by atoms with Gasteiger partial charge >= 0.3 is 30.4 Å². The van der Waals surface area contributed by atoms with Gasteiger partial charge in [-0.1, -0.05) is 18.2 Å². The molecule has 0 saturated carbocycles. The minimum atomic E-state index is -5.08. The summed E-state index contributed by atoms with van der Waals surface area (Å²) in [6.45, 7) is 4.60. The minimum absolute atomic E-state index is 0.162. The van der Waals surface area contributed by atoms with Crippen LogP contribution in [0.3, 0.4) is 0 Å². The van der Waals surface area contributed by atoms with Crippen LogP contribution >= 0.6 is 11.8 Å². The second-order valence-corrected chi connectivity index (χ2v) is 10.3. The molecule has 1 aromatic heterocycles. The number of H-pyrrole nitrogens is 1. The number of hydrogen-bond donors (Lipinski definition) is 4. The number of hydrogen-bond acceptors (Lipinski definition) is 9. The summed E-state index contributed by atoms with van der Waals surface area (Å²) >= 11 is 1.71. The Balaban J connectivity index is 0.000000459. The molecule has 1 amide bonds. The SMILES string of the molecule is COc1cccc(COC(=O)Nc2ccc(-c3cn[nH]c3)cc2SCCN2CCOCC2)c1.O=C(O)C(F)(F)F.O=C(O)C(F)(F)F. The topological polar surface area (TPSA) is 163 Å². The van der Waals surface area contributed by atoms with Crippen LogP contribution in [0.15, 0.2) is 59.8 Å². The highest BCUT2D eigenvalue weighted by molar-refractivity contribution is 7.99. The fourth-order valence-electron chi connectivity index (χ4n) is 3.50. The Bertz CT molecular complexity index is 1410. The van der Waals surface area contributed by atoms with E-state index in [1.165, 1.54) is 0 Å². The van der Waals surface area contributed by atoms with E-state index in [1.54, 1.807) is 25.1 Å². The van der Waals surface area contributed by atoms with Crippen LogP contribution in [0, 0.1) is 0 Å². The van der Waals surface area contributed by atoms with E-state index in [4.69, 9.17) is 34.0 Å². The Labute approximate surface area is 268 Å². The van der Waals surface area contributed by atoms with E-state index in [0.717, 1.165) is 71.6 Å². The van der Waals surface area contributed by atoms with Gasteiger partial charge in [0.1, 0.15) is 12.4 Å². The van der Waals surface area contributed by atoms with E-state index in [0.29, 0.717) is 0 Å². The molecule has 4 N–H and O–H groups in total. The van der Waals surface area contributed by atoms with Crippen molar-refractivity contribution in [2.75, 3.05) is 51.0 Å². The Morgan fingerprint density at radius 3 is 2.19 bits per heavy atom. The zero-order chi connectivity index (χ0) is 35.0. The number of rotatable bonds is 9. The molecule has 4 rings (SSSR count). The maximum atomic E-state index is 12.5. The first-order chi connectivity index (χ1) is 22.1. The third-order valence-corrected chi connectivity index (χ3v) is 6.84. The number of amides is 1. The Hall–Kier alpha value is -4.49. The van der Waals surface area contributed by atoms with Gasteiger partial charge in [0.25, 0.3) is 0 Å². The summed E-state index contributed by atoms with van der Waals surface area (Å²) in [5, 5.41) is 24.0. The van der Waals surface area contributed by atoms with E-state index in [9.17, 15) is 31.1 Å². The summed E-state index contributed by atoms with van der Waals surface area (Å²) in [5.41, 5.74) is 3.62. The molecule has 19 heteroatoms. The van der Waals surface area contributed by atoms with E-state index >= 15 is 0 Å². The molecule has 0 spiro atoms. The maximum absolute atomic E-state index is 12.5. The van der Waals surface area contributed by atoms with Crippen LogP contribution in [0.1, 0.15) is 5.56 Å². The molecule has 1 aliphatic heterocycles. The number of carbonyl (C=O) groups excluding carboxylic acids is 1. The number of thioether (sulfide) groups is 1. The van der Waals surface area contributed by atoms with Gasteiger partial charge in [-0.2, -0.15) is 31.4 Å². The number of aromatic amines is 1. The van der Waals surface area contributed by atoms with Gasteiger partial charge in [0, 0.05) is 42.0 Å². The molecule has 2 heterocycles. The van der Waals surface area contributed by atoms with E-state index in [-0.39, 0.29) is 6.61 Å². The summed E-state index contributed by atoms with van der Waals surface area (Å²) in [4.78, 5) is 33.7. The lowest BCUT2D eigenvalue weighted by Crippen LogP contribution is -2.37. The third kappa shape index (κ3) is 14.6. The minimum Gasteiger partial charge on any atom is -0.497 e. The zero-order valence-corrected chi connectivity index (χ0v) is 25.4. The molecular weight excluding hydrogens is 666 g/mol. The van der Waals surface area contributed by atoms with Crippen LogP contribution < -0.4 is 10.1 Å². The molecule has 0 bridgehead atoms. The van der Waals surface area contributed by atoms with Gasteiger partial charge in [-0.15, -0.1) is 11.8 Å². The molecule has 3 aromatic rings. The number of carboxylic acid groups (broad SMARTS) is 2. The van der Waals surface area contributed by atoms with E-state index in [1.807, 2.05) is 42.6 Å². The van der Waals surface area contributed by atoms with Gasteiger partial charge in [-0.05, 0) is 35.4 Å². The molecule has 47 heavy (non-hydrogen) atoms. The lowest BCUT2D eigenvalue weighted by atomic mass is 10.1. The summed E-state index contributed by atoms with van der Waals surface area (Å²) in [6, 6.07) is 13.4. The zero-order valence-electron chi connectivity index (χ0n) is 24.6. The summed E-state index contributed by atoms with van der Waals surface area (Å²) in [6.07, 6.45) is -7.02. The maximum Gasteiger partial charge on any atom is 0.490 e. The highest BCUT2D eigenvalue weighted by Gasteiger charge is 2.38. The van der Waals surface area contributed by atoms with Crippen LogP contribution in [0.5, 0.6) is 5.75 Å². The quantitative estimate of drug-likeness (QED) is 0.165. The van der Waals surface area contributed by atoms with E-state index < -0.39 is 30.4 Å². The number of morpholine rings is 1. The standard InChI is InChI=1S/C24H28N4O4S.2C2HF3O2/c1-30-21-4-2-3-18(13-21)17-32-24(29)27-22-6-5-19(20-15-25-26-16-20)14-23(22)33-12-9-28-7-10-31-11-8-28;2*3-2(4,5)1(6)7/h2-6,13-16H,7-12,17H2,1H3,(H,25,26)(H,27,29);2*(H,6,7). The smallest absolute Gasteiger partial charge is 0.490 e. The normalized spacial score (nSPS) is 13.3. The molecule has 258 valence electrons. The summed E-state index contributed by atoms with van der Waals surface area (Å²) in [7, 11) is 1.61. The summed E-state index contributed by atoms with van der Waals surface area (Å²) in [5.74, 6) is -3.88. The first-order valence-corrected chi connectivity index (χ1v) is 14.3. The second kappa shape index (κ2) is 18.6.